The van der Waals surface area contributed by atoms with Crippen LogP contribution in [0.1, 0.15) is 13.3 Å². The number of nitrogens with zero attached hydrogens (tertiary/aromatic N) is 1. The molecule has 2 radical (unpaired) electrons. The van der Waals surface area contributed by atoms with E-state index < -0.39 is 0 Å². The molecule has 1 atom stereocenters. The SMILES string of the molecule is C[Si]N1CC[C@H](C)C1. The Kier molecular flexibility index (Phi) is 2.08. The molecule has 0 aromatic carbocycles. The van der Waals surface area contributed by atoms with Crippen LogP contribution in [0.15, 0.2) is 0 Å². The molecule has 0 amide bonds. The quantitative estimate of drug-likeness (QED) is 0.475. The van der Waals surface area contributed by atoms with E-state index in [9.17, 15) is 0 Å². The third-order valence-corrected chi connectivity index (χ3v) is 2.78. The second-order valence-corrected chi connectivity index (χ2v) is 3.64. The fourth-order valence-corrected chi connectivity index (χ4v) is 1.99. The predicted molar refractivity (Wildman–Crippen MR) is 37.0 cm³/mol. The first-order valence-electron chi connectivity index (χ1n) is 3.25. The van der Waals surface area contributed by atoms with Crippen molar-refractivity contribution >= 4 is 9.68 Å². The van der Waals surface area contributed by atoms with Crippen molar-refractivity contribution in [3.8, 4) is 0 Å². The molecule has 1 heterocycles. The van der Waals surface area contributed by atoms with Gasteiger partial charge in [-0.15, -0.1) is 0 Å². The zero-order valence-electron chi connectivity index (χ0n) is 5.65. The predicted octanol–water partition coefficient (Wildman–Crippen LogP) is 0.995. The maximum Gasteiger partial charge on any atom is 0.138 e. The van der Waals surface area contributed by atoms with Crippen molar-refractivity contribution in [2.45, 2.75) is 19.9 Å². The Balaban J connectivity index is 2.22. The normalized spacial score (nSPS) is 31.5. The van der Waals surface area contributed by atoms with Gasteiger partial charge in [0.25, 0.3) is 0 Å². The van der Waals surface area contributed by atoms with Gasteiger partial charge in [-0.3, -0.25) is 0 Å². The van der Waals surface area contributed by atoms with E-state index in [1.807, 2.05) is 0 Å². The fourth-order valence-electron chi connectivity index (χ4n) is 1.14. The molecular weight excluding hydrogens is 114 g/mol. The molecule has 1 nitrogen and oxygen atoms in total. The molecule has 0 spiro atoms. The van der Waals surface area contributed by atoms with Gasteiger partial charge in [0.15, 0.2) is 0 Å². The van der Waals surface area contributed by atoms with Gasteiger partial charge in [-0.1, -0.05) is 13.5 Å². The van der Waals surface area contributed by atoms with Crippen LogP contribution in [-0.4, -0.2) is 27.3 Å². The zero-order valence-corrected chi connectivity index (χ0v) is 6.65. The molecule has 0 bridgehead atoms. The van der Waals surface area contributed by atoms with E-state index >= 15 is 0 Å². The molecule has 0 aromatic heterocycles. The first-order valence-corrected chi connectivity index (χ1v) is 4.70. The summed E-state index contributed by atoms with van der Waals surface area (Å²) in [5, 5.41) is 0. The van der Waals surface area contributed by atoms with Crippen molar-refractivity contribution in [1.29, 1.82) is 0 Å². The Morgan fingerprint density at radius 2 is 2.38 bits per heavy atom. The smallest absolute Gasteiger partial charge is 0.138 e. The molecule has 1 saturated heterocycles. The highest BCUT2D eigenvalue weighted by molar-refractivity contribution is 6.29. The Morgan fingerprint density at radius 3 is 2.62 bits per heavy atom. The maximum atomic E-state index is 2.53. The summed E-state index contributed by atoms with van der Waals surface area (Å²) >= 11 is 0. The monoisotopic (exact) mass is 127 g/mol. The average Bonchev–Trinajstić information content (AvgIpc) is 2.14. The average molecular weight is 127 g/mol. The molecule has 1 aliphatic heterocycles. The van der Waals surface area contributed by atoms with Crippen molar-refractivity contribution < 1.29 is 0 Å². The molecule has 0 aromatic rings. The summed E-state index contributed by atoms with van der Waals surface area (Å²) in [6.45, 7) is 7.28. The van der Waals surface area contributed by atoms with Crippen molar-refractivity contribution in [2.75, 3.05) is 13.1 Å². The molecule has 0 unspecified atom stereocenters. The van der Waals surface area contributed by atoms with Gasteiger partial charge in [0.1, 0.15) is 9.68 Å². The Hall–Kier alpha value is 0.177. The molecule has 2 heteroatoms. The molecule has 8 heavy (non-hydrogen) atoms. The molecule has 0 N–H and O–H groups in total. The van der Waals surface area contributed by atoms with Gasteiger partial charge in [-0.25, -0.2) is 0 Å². The van der Waals surface area contributed by atoms with E-state index in [0.29, 0.717) is 0 Å². The highest BCUT2D eigenvalue weighted by Crippen LogP contribution is 2.12. The standard InChI is InChI=1S/C6H13NSi/c1-6-3-4-7(5-6)8-2/h6H,3-5H2,1-2H3/t6-/m0/s1. The van der Waals surface area contributed by atoms with Crippen molar-refractivity contribution in [2.24, 2.45) is 5.92 Å². The summed E-state index contributed by atoms with van der Waals surface area (Å²) < 4.78 is 2.53. The van der Waals surface area contributed by atoms with E-state index in [2.05, 4.69) is 18.0 Å². The zero-order chi connectivity index (χ0) is 5.98. The van der Waals surface area contributed by atoms with Crippen LogP contribution in [0.25, 0.3) is 0 Å². The summed E-state index contributed by atoms with van der Waals surface area (Å²) in [5.41, 5.74) is 0. The van der Waals surface area contributed by atoms with Gasteiger partial charge >= 0.3 is 0 Å². The number of hydrogen-bond acceptors (Lipinski definition) is 1. The molecule has 0 aliphatic carbocycles. The van der Waals surface area contributed by atoms with Crippen LogP contribution in [0.5, 0.6) is 0 Å². The Bertz CT molecular complexity index is 74.9. The van der Waals surface area contributed by atoms with Crippen LogP contribution in [0.4, 0.5) is 0 Å². The van der Waals surface area contributed by atoms with Gasteiger partial charge in [-0.05, 0) is 25.4 Å². The molecule has 1 aliphatic rings. The van der Waals surface area contributed by atoms with E-state index in [1.54, 1.807) is 0 Å². The minimum absolute atomic E-state index is 0.961. The number of rotatable bonds is 1. The van der Waals surface area contributed by atoms with Gasteiger partial charge in [0.05, 0.1) is 0 Å². The lowest BCUT2D eigenvalue weighted by Gasteiger charge is -2.08. The highest BCUT2D eigenvalue weighted by Gasteiger charge is 2.15. The Morgan fingerprint density at radius 1 is 1.62 bits per heavy atom. The van der Waals surface area contributed by atoms with E-state index in [4.69, 9.17) is 0 Å². The topological polar surface area (TPSA) is 3.24 Å². The van der Waals surface area contributed by atoms with Gasteiger partial charge < -0.3 is 4.57 Å². The summed E-state index contributed by atoms with van der Waals surface area (Å²) in [6.07, 6.45) is 1.42. The van der Waals surface area contributed by atoms with Crippen LogP contribution in [-0.2, 0) is 0 Å². The summed E-state index contributed by atoms with van der Waals surface area (Å²) in [6, 6.07) is 0. The summed E-state index contributed by atoms with van der Waals surface area (Å²) in [7, 11) is 1.03. The molecule has 46 valence electrons. The van der Waals surface area contributed by atoms with Crippen molar-refractivity contribution in [3.63, 3.8) is 0 Å². The maximum absolute atomic E-state index is 2.53. The second kappa shape index (κ2) is 2.64. The van der Waals surface area contributed by atoms with E-state index in [1.165, 1.54) is 19.5 Å². The Labute approximate surface area is 54.0 Å². The second-order valence-electron chi connectivity index (χ2n) is 2.56. The fraction of sp³-hybridized carbons (Fsp3) is 1.00. The van der Waals surface area contributed by atoms with E-state index in [-0.39, 0.29) is 0 Å². The van der Waals surface area contributed by atoms with Gasteiger partial charge in [-0.2, -0.15) is 0 Å². The lowest BCUT2D eigenvalue weighted by Crippen LogP contribution is -2.22. The molecular formula is C6H13NSi. The third-order valence-electron chi connectivity index (χ3n) is 1.74. The lowest BCUT2D eigenvalue weighted by molar-refractivity contribution is 0.523. The van der Waals surface area contributed by atoms with Gasteiger partial charge in [0, 0.05) is 0 Å². The molecule has 1 fully saturated rings. The molecule has 1 rings (SSSR count). The highest BCUT2D eigenvalue weighted by atomic mass is 28.2. The first kappa shape index (κ1) is 6.30. The minimum atomic E-state index is 0.961. The van der Waals surface area contributed by atoms with E-state index in [0.717, 1.165) is 15.6 Å². The van der Waals surface area contributed by atoms with Gasteiger partial charge in [0.2, 0.25) is 0 Å². The summed E-state index contributed by atoms with van der Waals surface area (Å²) in [4.78, 5) is 0. The molecule has 0 saturated carbocycles. The van der Waals surface area contributed by atoms with Crippen molar-refractivity contribution in [1.82, 2.24) is 4.57 Å². The summed E-state index contributed by atoms with van der Waals surface area (Å²) in [5.74, 6) is 0.961. The van der Waals surface area contributed by atoms with Crippen LogP contribution in [0.2, 0.25) is 6.55 Å². The minimum Gasteiger partial charge on any atom is -0.325 e. The first-order chi connectivity index (χ1) is 3.83. The van der Waals surface area contributed by atoms with Crippen molar-refractivity contribution in [3.05, 3.63) is 0 Å². The van der Waals surface area contributed by atoms with Crippen LogP contribution in [0.3, 0.4) is 0 Å². The van der Waals surface area contributed by atoms with Crippen LogP contribution in [0, 0.1) is 5.92 Å². The number of hydrogen-bond donors (Lipinski definition) is 0. The largest absolute Gasteiger partial charge is 0.325 e. The van der Waals surface area contributed by atoms with Crippen LogP contribution >= 0.6 is 0 Å². The third kappa shape index (κ3) is 1.33. The lowest BCUT2D eigenvalue weighted by atomic mass is 10.2. The van der Waals surface area contributed by atoms with Crippen LogP contribution < -0.4 is 0 Å².